The third-order valence-electron chi connectivity index (χ3n) is 0. The van der Waals surface area contributed by atoms with Gasteiger partial charge in [0.05, 0.1) is 0 Å². The van der Waals surface area contributed by atoms with Crippen LogP contribution in [-0.4, -0.2) is 11.9 Å². The molecule has 0 aromatic heterocycles. The van der Waals surface area contributed by atoms with E-state index in [0.29, 0.717) is 0 Å². The van der Waals surface area contributed by atoms with Gasteiger partial charge in [0.2, 0.25) is 0 Å². The van der Waals surface area contributed by atoms with E-state index in [9.17, 15) is 0 Å². The van der Waals surface area contributed by atoms with Gasteiger partial charge in [-0.15, -0.1) is 0 Å². The largest absolute Gasteiger partial charge is 2.00 e. The molecule has 61 valence electrons. The van der Waals surface area contributed by atoms with E-state index in [-0.39, 0.29) is 33.8 Å². The fourth-order valence-corrected chi connectivity index (χ4v) is 0. The average molecular weight is 233 g/mol. The van der Waals surface area contributed by atoms with E-state index >= 15 is 0 Å². The summed E-state index contributed by atoms with van der Waals surface area (Å²) < 4.78 is 0. The number of aliphatic carboxylic acids is 2. The molecule has 0 aliphatic rings. The molecule has 0 saturated heterocycles. The Bertz CT molecular complexity index is 75.3. The molecule has 0 unspecified atom stereocenters. The third kappa shape index (κ3) is 334000. The molecule has 1 radical (unpaired) electrons. The van der Waals surface area contributed by atoms with Crippen molar-refractivity contribution >= 4 is 11.9 Å². The van der Waals surface area contributed by atoms with Crippen LogP contribution >= 0.6 is 0 Å². The molecule has 0 fully saturated rings. The molecule has 0 saturated carbocycles. The Morgan fingerprint density at radius 1 is 1.00 bits per heavy atom. The van der Waals surface area contributed by atoms with Gasteiger partial charge in [0.25, 0.3) is 0 Å². The second-order valence-corrected chi connectivity index (χ2v) is 0.983. The zero-order valence-electron chi connectivity index (χ0n) is 5.32. The first-order valence-electron chi connectivity index (χ1n) is 1.82. The number of carboxylic acid groups (broad SMARTS) is 2. The van der Waals surface area contributed by atoms with Crippen LogP contribution in [0.15, 0.2) is 0 Å². The zero-order valence-corrected chi connectivity index (χ0v) is 7.47. The Hall–Kier alpha value is -0.0340. The Balaban J connectivity index is -0.0000000300. The first-order chi connectivity index (χ1) is 3.46. The van der Waals surface area contributed by atoms with Gasteiger partial charge in [-0.3, -0.25) is 0 Å². The van der Waals surface area contributed by atoms with E-state index in [1.807, 2.05) is 0 Å². The van der Waals surface area contributed by atoms with Gasteiger partial charge in [0.1, 0.15) is 0 Å². The number of hydrogen-bond acceptors (Lipinski definition) is 4. The summed E-state index contributed by atoms with van der Waals surface area (Å²) in [6.45, 7) is 1.94. The van der Waals surface area contributed by atoms with Crippen LogP contribution in [0.2, 0.25) is 0 Å². The second-order valence-electron chi connectivity index (χ2n) is 0.983. The van der Waals surface area contributed by atoms with Crippen molar-refractivity contribution in [3.05, 3.63) is 0 Å². The summed E-state index contributed by atoms with van der Waals surface area (Å²) in [4.78, 5) is 17.8. The summed E-state index contributed by atoms with van der Waals surface area (Å²) in [5.74, 6) is -2.17. The monoisotopic (exact) mass is 233 g/mol. The molecule has 0 rings (SSSR count). The summed E-state index contributed by atoms with van der Waals surface area (Å²) in [5.41, 5.74) is 0. The predicted octanol–water partition coefficient (Wildman–Crippen LogP) is -2.49. The van der Waals surface area contributed by atoms with Gasteiger partial charge < -0.3 is 19.8 Å². The fourth-order valence-electron chi connectivity index (χ4n) is 0. The summed E-state index contributed by atoms with van der Waals surface area (Å²) >= 11 is 0. The average Bonchev–Trinajstić information content (AvgIpc) is 1.25. The van der Waals surface area contributed by atoms with Crippen molar-refractivity contribution in [2.24, 2.45) is 0 Å². The van der Waals surface area contributed by atoms with Crippen LogP contribution in [0.4, 0.5) is 0 Å². The zero-order chi connectivity index (χ0) is 7.15. The van der Waals surface area contributed by atoms with Gasteiger partial charge in [0, 0.05) is 11.9 Å². The molecule has 0 N–H and O–H groups in total. The molecule has 10 heavy (non-hydrogen) atoms. The number of carbonyl (C=O) groups is 2. The minimum atomic E-state index is -1.08. The van der Waals surface area contributed by atoms with Crippen molar-refractivity contribution in [2.75, 3.05) is 0 Å². The van der Waals surface area contributed by atoms with Crippen LogP contribution in [0.5, 0.6) is 0 Å². The molecule has 0 aliphatic carbocycles. The van der Waals surface area contributed by atoms with E-state index in [1.54, 1.807) is 0 Å². The van der Waals surface area contributed by atoms with Gasteiger partial charge in [-0.1, -0.05) is 0 Å². The van der Waals surface area contributed by atoms with E-state index in [0.717, 1.165) is 13.8 Å². The molecule has 0 amide bonds. The van der Waals surface area contributed by atoms with Gasteiger partial charge in [0.15, 0.2) is 0 Å². The SMILES string of the molecule is CC(=O)[O-].CC(=O)[O-].[Co+2].[Fe+2]. The number of rotatable bonds is 0. The smallest absolute Gasteiger partial charge is 0.550 e. The van der Waals surface area contributed by atoms with Crippen LogP contribution in [-0.2, 0) is 43.4 Å². The first-order valence-corrected chi connectivity index (χ1v) is 1.82. The standard InChI is InChI=1S/2C2H4O2.Co.Fe/c2*1-2(3)4;;/h2*1H3,(H,3,4);;/q;;2*+2/p-2. The van der Waals surface area contributed by atoms with E-state index in [2.05, 4.69) is 0 Å². The normalized spacial score (nSPS) is 5.00. The molecular weight excluding hydrogens is 227 g/mol. The van der Waals surface area contributed by atoms with Crippen LogP contribution in [0.3, 0.4) is 0 Å². The topological polar surface area (TPSA) is 80.3 Å². The van der Waals surface area contributed by atoms with Crippen LogP contribution in [0.1, 0.15) is 13.8 Å². The minimum Gasteiger partial charge on any atom is -0.550 e. The minimum absolute atomic E-state index is 0. The molecule has 0 atom stereocenters. The molecule has 0 spiro atoms. The summed E-state index contributed by atoms with van der Waals surface area (Å²) in [6.07, 6.45) is 0. The molecule has 0 heterocycles. The van der Waals surface area contributed by atoms with Gasteiger partial charge >= 0.3 is 33.8 Å². The quantitative estimate of drug-likeness (QED) is 0.433. The molecular formula is C4H6CoFeO4+2. The Labute approximate surface area is 79.7 Å². The van der Waals surface area contributed by atoms with Crippen molar-refractivity contribution in [2.45, 2.75) is 13.8 Å². The predicted molar refractivity (Wildman–Crippen MR) is 21.4 cm³/mol. The number of carboxylic acids is 2. The summed E-state index contributed by atoms with van der Waals surface area (Å²) in [5, 5.41) is 17.8. The molecule has 0 aromatic carbocycles. The van der Waals surface area contributed by atoms with Gasteiger partial charge in [-0.25, -0.2) is 0 Å². The van der Waals surface area contributed by atoms with Gasteiger partial charge in [-0.05, 0) is 13.8 Å². The number of hydrogen-bond donors (Lipinski definition) is 0. The molecule has 0 aromatic rings. The van der Waals surface area contributed by atoms with Gasteiger partial charge in [-0.2, -0.15) is 0 Å². The molecule has 0 aliphatic heterocycles. The van der Waals surface area contributed by atoms with Crippen LogP contribution in [0, 0.1) is 0 Å². The van der Waals surface area contributed by atoms with Crippen LogP contribution < -0.4 is 10.2 Å². The molecule has 4 nitrogen and oxygen atoms in total. The van der Waals surface area contributed by atoms with Crippen LogP contribution in [0.25, 0.3) is 0 Å². The Morgan fingerprint density at radius 2 is 1.00 bits per heavy atom. The first kappa shape index (κ1) is 22.5. The van der Waals surface area contributed by atoms with Crippen molar-refractivity contribution in [3.8, 4) is 0 Å². The molecule has 6 heteroatoms. The fraction of sp³-hybridized carbons (Fsp3) is 0.500. The summed E-state index contributed by atoms with van der Waals surface area (Å²) in [6, 6.07) is 0. The second kappa shape index (κ2) is 16.0. The van der Waals surface area contributed by atoms with E-state index in [4.69, 9.17) is 19.8 Å². The Morgan fingerprint density at radius 3 is 1.00 bits per heavy atom. The maximum absolute atomic E-state index is 8.89. The maximum Gasteiger partial charge on any atom is 2.00 e. The number of carbonyl (C=O) groups excluding carboxylic acids is 2. The summed E-state index contributed by atoms with van der Waals surface area (Å²) in [7, 11) is 0. The maximum atomic E-state index is 8.89. The molecule has 0 bridgehead atoms. The third-order valence-corrected chi connectivity index (χ3v) is 0. The van der Waals surface area contributed by atoms with E-state index in [1.165, 1.54) is 0 Å². The Kier molecular flexibility index (Phi) is 36.0. The van der Waals surface area contributed by atoms with Crippen molar-refractivity contribution in [1.29, 1.82) is 0 Å². The van der Waals surface area contributed by atoms with Crippen molar-refractivity contribution < 1.29 is 53.6 Å². The van der Waals surface area contributed by atoms with Crippen molar-refractivity contribution in [3.63, 3.8) is 0 Å². The van der Waals surface area contributed by atoms with Crippen molar-refractivity contribution in [1.82, 2.24) is 0 Å². The van der Waals surface area contributed by atoms with E-state index < -0.39 is 11.9 Å².